The van der Waals surface area contributed by atoms with Crippen molar-refractivity contribution in [3.05, 3.63) is 72.8 Å². The van der Waals surface area contributed by atoms with Gasteiger partial charge in [-0.25, -0.2) is 19.7 Å². The van der Waals surface area contributed by atoms with Crippen LogP contribution >= 0.6 is 0 Å². The van der Waals surface area contributed by atoms with E-state index in [4.69, 9.17) is 10.8 Å². The van der Waals surface area contributed by atoms with E-state index in [1.54, 1.807) is 53.6 Å². The number of rotatable bonds is 4. The van der Waals surface area contributed by atoms with Crippen molar-refractivity contribution in [3.8, 4) is 0 Å². The van der Waals surface area contributed by atoms with Crippen LogP contribution in [0.2, 0.25) is 0 Å². The lowest BCUT2D eigenvalue weighted by atomic mass is 10.1. The number of carbonyl (C=O) groups is 2. The van der Waals surface area contributed by atoms with Crippen molar-refractivity contribution in [1.29, 1.82) is 0 Å². The van der Waals surface area contributed by atoms with Crippen molar-refractivity contribution < 1.29 is 14.7 Å². The molecule has 1 aromatic carbocycles. The molecule has 11 heteroatoms. The van der Waals surface area contributed by atoms with E-state index in [9.17, 15) is 9.59 Å². The summed E-state index contributed by atoms with van der Waals surface area (Å²) in [6.07, 6.45) is 0.785. The number of benzene rings is 1. The fourth-order valence-corrected chi connectivity index (χ4v) is 3.14. The van der Waals surface area contributed by atoms with Crippen molar-refractivity contribution >= 4 is 40.8 Å². The molecule has 0 saturated carbocycles. The van der Waals surface area contributed by atoms with E-state index < -0.39 is 12.3 Å². The third kappa shape index (κ3) is 3.92. The Hall–Kier alpha value is -4.67. The third-order valence-corrected chi connectivity index (χ3v) is 4.54. The van der Waals surface area contributed by atoms with Crippen LogP contribution in [0.15, 0.2) is 67.3 Å². The summed E-state index contributed by atoms with van der Waals surface area (Å²) in [5.41, 5.74) is 7.86. The first-order valence-electron chi connectivity index (χ1n) is 9.12. The Balaban J connectivity index is 1.65. The number of aromatic nitrogens is 3. The van der Waals surface area contributed by atoms with E-state index in [0.29, 0.717) is 34.3 Å². The Morgan fingerprint density at radius 3 is 2.58 bits per heavy atom. The molecule has 0 bridgehead atoms. The maximum Gasteiger partial charge on any atom is 0.406 e. The van der Waals surface area contributed by atoms with Crippen molar-refractivity contribution in [3.63, 3.8) is 0 Å². The topological polar surface area (TPSA) is 158 Å². The maximum atomic E-state index is 12.5. The monoisotopic (exact) mass is 418 g/mol. The van der Waals surface area contributed by atoms with Gasteiger partial charge in [-0.3, -0.25) is 10.1 Å². The van der Waals surface area contributed by atoms with Crippen molar-refractivity contribution in [1.82, 2.24) is 20.3 Å². The quantitative estimate of drug-likeness (QED) is 0.429. The van der Waals surface area contributed by atoms with Crippen LogP contribution in [-0.2, 0) is 0 Å². The standard InChI is InChI=1S/C20H18N8O3/c1-11-17(27-20(30)31)26-18-15(16(21)23-10-24-18)28(11)13-7-5-12(6-8-13)19(29)25-14-4-2-3-9-22-14/h2-10,17,27H,1H2,(H,30,31)(H,22,25,29)(H3,21,23,24,26)/t17-/m0/s1. The first-order chi connectivity index (χ1) is 14.9. The van der Waals surface area contributed by atoms with Gasteiger partial charge in [0.05, 0.1) is 5.70 Å². The summed E-state index contributed by atoms with van der Waals surface area (Å²) in [4.78, 5) is 37.6. The zero-order chi connectivity index (χ0) is 22.0. The highest BCUT2D eigenvalue weighted by atomic mass is 16.4. The highest BCUT2D eigenvalue weighted by molar-refractivity contribution is 6.04. The summed E-state index contributed by atoms with van der Waals surface area (Å²) in [6, 6.07) is 11.9. The number of hydrogen-bond acceptors (Lipinski definition) is 8. The zero-order valence-electron chi connectivity index (χ0n) is 16.1. The van der Waals surface area contributed by atoms with Crippen LogP contribution in [0.5, 0.6) is 0 Å². The summed E-state index contributed by atoms with van der Waals surface area (Å²) in [5, 5.41) is 17.1. The predicted molar refractivity (Wildman–Crippen MR) is 115 cm³/mol. The van der Waals surface area contributed by atoms with Gasteiger partial charge in [-0.2, -0.15) is 0 Å². The molecule has 1 aliphatic rings. The number of anilines is 5. The van der Waals surface area contributed by atoms with Gasteiger partial charge in [-0.15, -0.1) is 0 Å². The van der Waals surface area contributed by atoms with Crippen LogP contribution in [-0.4, -0.2) is 38.2 Å². The summed E-state index contributed by atoms with van der Waals surface area (Å²) >= 11 is 0. The van der Waals surface area contributed by atoms with E-state index in [2.05, 4.69) is 37.5 Å². The van der Waals surface area contributed by atoms with Crippen molar-refractivity contribution in [2.75, 3.05) is 21.3 Å². The molecule has 156 valence electrons. The van der Waals surface area contributed by atoms with E-state index >= 15 is 0 Å². The number of carboxylic acid groups (broad SMARTS) is 1. The first-order valence-corrected chi connectivity index (χ1v) is 9.12. The molecule has 0 fully saturated rings. The van der Waals surface area contributed by atoms with Gasteiger partial charge in [0.2, 0.25) is 0 Å². The van der Waals surface area contributed by atoms with E-state index in [-0.39, 0.29) is 11.7 Å². The minimum atomic E-state index is -1.23. The van der Waals surface area contributed by atoms with Crippen LogP contribution in [0, 0.1) is 0 Å². The Morgan fingerprint density at radius 2 is 1.90 bits per heavy atom. The van der Waals surface area contributed by atoms with Gasteiger partial charge in [0.1, 0.15) is 24.0 Å². The zero-order valence-corrected chi connectivity index (χ0v) is 16.1. The second-order valence-electron chi connectivity index (χ2n) is 6.53. The molecule has 0 spiro atoms. The number of nitrogens with zero attached hydrogens (tertiary/aromatic N) is 4. The molecule has 3 heterocycles. The molecule has 4 rings (SSSR count). The molecule has 0 radical (unpaired) electrons. The van der Waals surface area contributed by atoms with Crippen LogP contribution in [0.3, 0.4) is 0 Å². The number of nitrogens with two attached hydrogens (primary N) is 1. The van der Waals surface area contributed by atoms with E-state index in [0.717, 1.165) is 0 Å². The number of fused-ring (bicyclic) bond motifs is 1. The largest absolute Gasteiger partial charge is 0.465 e. The Labute approximate surface area is 176 Å². The number of carbonyl (C=O) groups excluding carboxylic acids is 1. The summed E-state index contributed by atoms with van der Waals surface area (Å²) in [6.45, 7) is 4.00. The van der Waals surface area contributed by atoms with Crippen molar-refractivity contribution in [2.24, 2.45) is 0 Å². The lowest BCUT2D eigenvalue weighted by Crippen LogP contribution is -2.48. The second-order valence-corrected chi connectivity index (χ2v) is 6.53. The van der Waals surface area contributed by atoms with Gasteiger partial charge >= 0.3 is 6.09 Å². The van der Waals surface area contributed by atoms with Crippen LogP contribution in [0.25, 0.3) is 0 Å². The molecule has 1 aliphatic heterocycles. The minimum absolute atomic E-state index is 0.185. The fourth-order valence-electron chi connectivity index (χ4n) is 3.14. The molecule has 6 N–H and O–H groups in total. The molecule has 1 atom stereocenters. The van der Waals surface area contributed by atoms with Crippen LogP contribution < -0.4 is 26.6 Å². The van der Waals surface area contributed by atoms with Gasteiger partial charge in [0.15, 0.2) is 11.6 Å². The van der Waals surface area contributed by atoms with Gasteiger partial charge in [-0.1, -0.05) is 12.6 Å². The molecule has 0 saturated heterocycles. The maximum absolute atomic E-state index is 12.5. The number of nitrogens with one attached hydrogen (secondary N) is 3. The second kappa shape index (κ2) is 7.99. The van der Waals surface area contributed by atoms with Gasteiger partial charge in [-0.05, 0) is 36.4 Å². The smallest absolute Gasteiger partial charge is 0.406 e. The number of amides is 2. The number of nitrogen functional groups attached to an aromatic ring is 1. The lowest BCUT2D eigenvalue weighted by molar-refractivity contribution is 0.102. The predicted octanol–water partition coefficient (Wildman–Crippen LogP) is 2.38. The highest BCUT2D eigenvalue weighted by Crippen LogP contribution is 2.41. The third-order valence-electron chi connectivity index (χ3n) is 4.54. The van der Waals surface area contributed by atoms with E-state index in [1.165, 1.54) is 6.33 Å². The Morgan fingerprint density at radius 1 is 1.13 bits per heavy atom. The summed E-state index contributed by atoms with van der Waals surface area (Å²) in [7, 11) is 0. The van der Waals surface area contributed by atoms with Gasteiger partial charge in [0, 0.05) is 17.4 Å². The number of hydrogen-bond donors (Lipinski definition) is 5. The van der Waals surface area contributed by atoms with E-state index in [1.807, 2.05) is 0 Å². The molecule has 31 heavy (non-hydrogen) atoms. The first kappa shape index (κ1) is 19.6. The molecule has 2 aromatic heterocycles. The highest BCUT2D eigenvalue weighted by Gasteiger charge is 2.33. The Kier molecular flexibility index (Phi) is 5.06. The molecule has 0 aliphatic carbocycles. The van der Waals surface area contributed by atoms with Gasteiger partial charge < -0.3 is 26.4 Å². The summed E-state index contributed by atoms with van der Waals surface area (Å²) < 4.78 is 0. The average Bonchev–Trinajstić information content (AvgIpc) is 2.75. The average molecular weight is 418 g/mol. The summed E-state index contributed by atoms with van der Waals surface area (Å²) in [5.74, 6) is 0.645. The molecule has 0 unspecified atom stereocenters. The lowest BCUT2D eigenvalue weighted by Gasteiger charge is -2.38. The Bertz CT molecular complexity index is 1150. The fraction of sp³-hybridized carbons (Fsp3) is 0.0500. The number of pyridine rings is 1. The normalized spacial score (nSPS) is 14.9. The SMILES string of the molecule is C=C1[C@H](NC(=O)O)Nc2ncnc(N)c2N1c1ccc(C(=O)Nc2ccccn2)cc1. The molecular weight excluding hydrogens is 400 g/mol. The molecule has 3 aromatic rings. The molecule has 11 nitrogen and oxygen atoms in total. The molecule has 2 amide bonds. The van der Waals surface area contributed by atoms with Gasteiger partial charge in [0.25, 0.3) is 5.91 Å². The van der Waals surface area contributed by atoms with Crippen molar-refractivity contribution in [2.45, 2.75) is 6.17 Å². The molecular formula is C20H18N8O3. The van der Waals surface area contributed by atoms with Crippen LogP contribution in [0.4, 0.5) is 33.6 Å². The van der Waals surface area contributed by atoms with Crippen LogP contribution in [0.1, 0.15) is 10.4 Å². The minimum Gasteiger partial charge on any atom is -0.465 e.